The van der Waals surface area contributed by atoms with Crippen molar-refractivity contribution < 1.29 is 18.0 Å². The number of aryl methyl sites for hydroxylation is 1. The maximum Gasteiger partial charge on any atom is 0.418 e. The molecule has 32 heavy (non-hydrogen) atoms. The summed E-state index contributed by atoms with van der Waals surface area (Å²) in [5, 5.41) is 3.19. The SMILES string of the molecule is Cc1ccc(Cc2nsc(N3CCN(C(=O)Nc4ccccc4C(F)(F)F)CC3)n2)cc1. The van der Waals surface area contributed by atoms with Gasteiger partial charge in [0.15, 0.2) is 0 Å². The zero-order valence-corrected chi connectivity index (χ0v) is 18.2. The lowest BCUT2D eigenvalue weighted by molar-refractivity contribution is -0.136. The zero-order valence-electron chi connectivity index (χ0n) is 17.4. The third-order valence-corrected chi connectivity index (χ3v) is 6.07. The fraction of sp³-hybridized carbons (Fsp3) is 0.318. The number of piperazine rings is 1. The van der Waals surface area contributed by atoms with Crippen LogP contribution >= 0.6 is 11.5 Å². The van der Waals surface area contributed by atoms with Crippen molar-refractivity contribution in [3.05, 3.63) is 71.0 Å². The van der Waals surface area contributed by atoms with Crippen molar-refractivity contribution >= 4 is 28.4 Å². The average molecular weight is 462 g/mol. The highest BCUT2D eigenvalue weighted by molar-refractivity contribution is 7.09. The fourth-order valence-corrected chi connectivity index (χ4v) is 4.20. The molecule has 0 spiro atoms. The summed E-state index contributed by atoms with van der Waals surface area (Å²) in [5.41, 5.74) is 1.24. The molecule has 2 amide bonds. The summed E-state index contributed by atoms with van der Waals surface area (Å²) in [5.74, 6) is 0.748. The maximum absolute atomic E-state index is 13.2. The van der Waals surface area contributed by atoms with Crippen molar-refractivity contribution in [2.75, 3.05) is 36.4 Å². The Morgan fingerprint density at radius 1 is 1.06 bits per heavy atom. The minimum absolute atomic E-state index is 0.239. The summed E-state index contributed by atoms with van der Waals surface area (Å²) in [4.78, 5) is 20.7. The summed E-state index contributed by atoms with van der Waals surface area (Å²) < 4.78 is 43.9. The number of alkyl halides is 3. The van der Waals surface area contributed by atoms with Gasteiger partial charge in [0, 0.05) is 44.1 Å². The smallest absolute Gasteiger partial charge is 0.343 e. The molecule has 10 heteroatoms. The van der Waals surface area contributed by atoms with Gasteiger partial charge in [-0.3, -0.25) is 0 Å². The van der Waals surface area contributed by atoms with E-state index < -0.39 is 17.8 Å². The largest absolute Gasteiger partial charge is 0.418 e. The molecule has 0 bridgehead atoms. The Morgan fingerprint density at radius 3 is 2.44 bits per heavy atom. The summed E-state index contributed by atoms with van der Waals surface area (Å²) in [6.07, 6.45) is -3.88. The first kappa shape index (κ1) is 22.1. The van der Waals surface area contributed by atoms with Gasteiger partial charge in [-0.1, -0.05) is 42.0 Å². The predicted molar refractivity (Wildman–Crippen MR) is 118 cm³/mol. The molecule has 1 aromatic heterocycles. The summed E-state index contributed by atoms with van der Waals surface area (Å²) >= 11 is 1.32. The van der Waals surface area contributed by atoms with Crippen LogP contribution in [0.15, 0.2) is 48.5 Å². The van der Waals surface area contributed by atoms with Gasteiger partial charge in [0.25, 0.3) is 0 Å². The van der Waals surface area contributed by atoms with Crippen LogP contribution in [0.4, 0.5) is 28.8 Å². The van der Waals surface area contributed by atoms with Crippen LogP contribution in [0.2, 0.25) is 0 Å². The second-order valence-electron chi connectivity index (χ2n) is 7.60. The molecule has 3 aromatic rings. The van der Waals surface area contributed by atoms with Crippen LogP contribution in [-0.2, 0) is 12.6 Å². The van der Waals surface area contributed by atoms with E-state index in [9.17, 15) is 18.0 Å². The number of amides is 2. The van der Waals surface area contributed by atoms with Crippen LogP contribution in [0.3, 0.4) is 0 Å². The van der Waals surface area contributed by atoms with Crippen molar-refractivity contribution in [2.24, 2.45) is 0 Å². The molecule has 0 saturated carbocycles. The Balaban J connectivity index is 1.33. The summed E-state index contributed by atoms with van der Waals surface area (Å²) in [6.45, 7) is 3.87. The van der Waals surface area contributed by atoms with Crippen LogP contribution in [0, 0.1) is 6.92 Å². The van der Waals surface area contributed by atoms with Gasteiger partial charge in [0.2, 0.25) is 5.13 Å². The standard InChI is InChI=1S/C22H22F3N5OS/c1-15-6-8-16(9-7-15)14-19-27-21(32-28-19)30-12-10-29(11-13-30)20(31)26-18-5-3-2-4-17(18)22(23,24)25/h2-9H,10-14H2,1H3,(H,26,31). The third-order valence-electron chi connectivity index (χ3n) is 5.25. The number of hydrogen-bond acceptors (Lipinski definition) is 5. The monoisotopic (exact) mass is 461 g/mol. The third kappa shape index (κ3) is 5.18. The van der Waals surface area contributed by atoms with Gasteiger partial charge in [0.1, 0.15) is 5.82 Å². The number of nitrogens with zero attached hydrogens (tertiary/aromatic N) is 4. The number of urea groups is 1. The maximum atomic E-state index is 13.2. The van der Waals surface area contributed by atoms with Crippen molar-refractivity contribution in [2.45, 2.75) is 19.5 Å². The van der Waals surface area contributed by atoms with Crippen molar-refractivity contribution in [1.82, 2.24) is 14.3 Å². The normalized spacial score (nSPS) is 14.5. The lowest BCUT2D eigenvalue weighted by Crippen LogP contribution is -2.50. The van der Waals surface area contributed by atoms with Crippen LogP contribution in [-0.4, -0.2) is 46.5 Å². The number of benzene rings is 2. The van der Waals surface area contributed by atoms with E-state index >= 15 is 0 Å². The Kier molecular flexibility index (Phi) is 6.31. The molecule has 0 radical (unpaired) electrons. The lowest BCUT2D eigenvalue weighted by Gasteiger charge is -2.34. The van der Waals surface area contributed by atoms with Gasteiger partial charge >= 0.3 is 12.2 Å². The van der Waals surface area contributed by atoms with Crippen LogP contribution in [0.25, 0.3) is 0 Å². The number of halogens is 3. The number of rotatable bonds is 4. The van der Waals surface area contributed by atoms with Gasteiger partial charge in [-0.25, -0.2) is 9.78 Å². The molecule has 1 fully saturated rings. The number of carbonyl (C=O) groups is 1. The highest BCUT2D eigenvalue weighted by atomic mass is 32.1. The number of aromatic nitrogens is 2. The first-order chi connectivity index (χ1) is 15.3. The summed E-state index contributed by atoms with van der Waals surface area (Å²) in [7, 11) is 0. The molecule has 2 heterocycles. The average Bonchev–Trinajstić information content (AvgIpc) is 3.23. The highest BCUT2D eigenvalue weighted by Crippen LogP contribution is 2.34. The molecule has 0 atom stereocenters. The molecule has 2 aromatic carbocycles. The second-order valence-corrected chi connectivity index (χ2v) is 8.33. The molecule has 168 valence electrons. The van der Waals surface area contributed by atoms with E-state index in [4.69, 9.17) is 0 Å². The van der Waals surface area contributed by atoms with Gasteiger partial charge in [0.05, 0.1) is 11.3 Å². The van der Waals surface area contributed by atoms with E-state index in [2.05, 4.69) is 38.9 Å². The molecule has 0 aliphatic carbocycles. The predicted octanol–water partition coefficient (Wildman–Crippen LogP) is 4.81. The Bertz CT molecular complexity index is 1080. The lowest BCUT2D eigenvalue weighted by atomic mass is 10.1. The number of carbonyl (C=O) groups excluding carboxylic acids is 1. The first-order valence-electron chi connectivity index (χ1n) is 10.1. The van der Waals surface area contributed by atoms with Crippen molar-refractivity contribution in [3.8, 4) is 0 Å². The van der Waals surface area contributed by atoms with E-state index in [1.807, 2.05) is 11.8 Å². The zero-order chi connectivity index (χ0) is 22.7. The minimum Gasteiger partial charge on any atom is -0.343 e. The number of hydrogen-bond donors (Lipinski definition) is 1. The van der Waals surface area contributed by atoms with Crippen molar-refractivity contribution in [1.29, 1.82) is 0 Å². The molecule has 1 aliphatic rings. The van der Waals surface area contributed by atoms with Gasteiger partial charge in [-0.15, -0.1) is 0 Å². The van der Waals surface area contributed by atoms with Crippen LogP contribution in [0.5, 0.6) is 0 Å². The molecular formula is C22H22F3N5OS. The van der Waals surface area contributed by atoms with E-state index in [1.54, 1.807) is 0 Å². The topological polar surface area (TPSA) is 61.4 Å². The van der Waals surface area contributed by atoms with Gasteiger partial charge < -0.3 is 15.1 Å². The highest BCUT2D eigenvalue weighted by Gasteiger charge is 2.34. The van der Waals surface area contributed by atoms with E-state index in [-0.39, 0.29) is 5.69 Å². The number of anilines is 2. The molecule has 1 aliphatic heterocycles. The molecule has 1 saturated heterocycles. The molecule has 1 N–H and O–H groups in total. The van der Waals surface area contributed by atoms with E-state index in [0.29, 0.717) is 32.6 Å². The molecular weight excluding hydrogens is 439 g/mol. The Labute approximate surface area is 187 Å². The Hall–Kier alpha value is -3.14. The van der Waals surface area contributed by atoms with Crippen LogP contribution in [0.1, 0.15) is 22.5 Å². The minimum atomic E-state index is -4.53. The van der Waals surface area contributed by atoms with Gasteiger partial charge in [-0.2, -0.15) is 17.5 Å². The Morgan fingerprint density at radius 2 is 1.75 bits per heavy atom. The first-order valence-corrected chi connectivity index (χ1v) is 10.9. The second kappa shape index (κ2) is 9.15. The summed E-state index contributed by atoms with van der Waals surface area (Å²) in [6, 6.07) is 12.7. The number of nitrogens with one attached hydrogen (secondary N) is 1. The fourth-order valence-electron chi connectivity index (χ4n) is 3.47. The van der Waals surface area contributed by atoms with Crippen molar-refractivity contribution in [3.63, 3.8) is 0 Å². The quantitative estimate of drug-likeness (QED) is 0.606. The molecule has 0 unspecified atom stereocenters. The number of para-hydroxylation sites is 1. The van der Waals surface area contributed by atoms with Crippen LogP contribution < -0.4 is 10.2 Å². The van der Waals surface area contributed by atoms with Gasteiger partial charge in [-0.05, 0) is 24.6 Å². The molecule has 6 nitrogen and oxygen atoms in total. The van der Waals surface area contributed by atoms with E-state index in [0.717, 1.165) is 22.6 Å². The molecule has 4 rings (SSSR count). The van der Waals surface area contributed by atoms with E-state index in [1.165, 1.54) is 40.2 Å².